The Morgan fingerprint density at radius 3 is 2.53 bits per heavy atom. The summed E-state index contributed by atoms with van der Waals surface area (Å²) >= 11 is 0. The van der Waals surface area contributed by atoms with Gasteiger partial charge in [-0.05, 0) is 31.0 Å². The van der Waals surface area contributed by atoms with E-state index in [-0.39, 0.29) is 11.9 Å². The van der Waals surface area contributed by atoms with Crippen LogP contribution in [0.15, 0.2) is 48.1 Å². The van der Waals surface area contributed by atoms with Crippen molar-refractivity contribution in [3.8, 4) is 0 Å². The van der Waals surface area contributed by atoms with Gasteiger partial charge in [0.05, 0.1) is 5.54 Å². The highest BCUT2D eigenvalue weighted by Gasteiger charge is 2.30. The Morgan fingerprint density at radius 1 is 1.29 bits per heavy atom. The fourth-order valence-corrected chi connectivity index (χ4v) is 2.02. The SMILES string of the molecule is CC1=CC(N)C(N)(Cc2ccc(F)cc2)C=C1. The second-order valence-corrected chi connectivity index (χ2v) is 4.69. The molecule has 0 fully saturated rings. The highest BCUT2D eigenvalue weighted by Crippen LogP contribution is 2.22. The molecule has 1 aliphatic rings. The topological polar surface area (TPSA) is 52.0 Å². The van der Waals surface area contributed by atoms with Gasteiger partial charge < -0.3 is 11.5 Å². The van der Waals surface area contributed by atoms with Gasteiger partial charge in [0.2, 0.25) is 0 Å². The second kappa shape index (κ2) is 4.43. The van der Waals surface area contributed by atoms with Gasteiger partial charge in [-0.1, -0.05) is 35.9 Å². The molecule has 1 aromatic carbocycles. The Balaban J connectivity index is 2.18. The lowest BCUT2D eigenvalue weighted by Crippen LogP contribution is -2.55. The standard InChI is InChI=1S/C14H17FN2/c1-10-6-7-14(17,13(16)8-10)9-11-2-4-12(15)5-3-11/h2-8,13H,9,16-17H2,1H3. The molecule has 2 nitrogen and oxygen atoms in total. The first-order valence-electron chi connectivity index (χ1n) is 5.66. The maximum absolute atomic E-state index is 12.8. The average molecular weight is 232 g/mol. The third kappa shape index (κ3) is 2.62. The van der Waals surface area contributed by atoms with Crippen molar-refractivity contribution in [3.63, 3.8) is 0 Å². The largest absolute Gasteiger partial charge is 0.323 e. The summed E-state index contributed by atoms with van der Waals surface area (Å²) in [5, 5.41) is 0. The van der Waals surface area contributed by atoms with Crippen molar-refractivity contribution in [3.05, 3.63) is 59.4 Å². The van der Waals surface area contributed by atoms with Crippen molar-refractivity contribution in [2.45, 2.75) is 24.9 Å². The van der Waals surface area contributed by atoms with Gasteiger partial charge in [-0.2, -0.15) is 0 Å². The van der Waals surface area contributed by atoms with Crippen molar-refractivity contribution in [2.75, 3.05) is 0 Å². The Bertz CT molecular complexity index is 462. The number of rotatable bonds is 2. The van der Waals surface area contributed by atoms with Crippen molar-refractivity contribution >= 4 is 0 Å². The minimum absolute atomic E-state index is 0.211. The van der Waals surface area contributed by atoms with Gasteiger partial charge >= 0.3 is 0 Å². The van der Waals surface area contributed by atoms with Gasteiger partial charge in [-0.15, -0.1) is 0 Å². The molecule has 0 bridgehead atoms. The van der Waals surface area contributed by atoms with Crippen LogP contribution < -0.4 is 11.5 Å². The van der Waals surface area contributed by atoms with Crippen LogP contribution >= 0.6 is 0 Å². The fraction of sp³-hybridized carbons (Fsp3) is 0.286. The molecule has 2 atom stereocenters. The van der Waals surface area contributed by atoms with Crippen molar-refractivity contribution in [2.24, 2.45) is 11.5 Å². The van der Waals surface area contributed by atoms with Gasteiger partial charge in [-0.3, -0.25) is 0 Å². The zero-order chi connectivity index (χ0) is 12.5. The molecule has 2 unspecified atom stereocenters. The van der Waals surface area contributed by atoms with Crippen LogP contribution in [0.25, 0.3) is 0 Å². The maximum atomic E-state index is 12.8. The van der Waals surface area contributed by atoms with Gasteiger partial charge in [0.25, 0.3) is 0 Å². The molecule has 1 aliphatic carbocycles. The van der Waals surface area contributed by atoms with E-state index in [4.69, 9.17) is 11.5 Å². The number of hydrogen-bond donors (Lipinski definition) is 2. The number of allylic oxidation sites excluding steroid dienone is 2. The van der Waals surface area contributed by atoms with E-state index in [1.165, 1.54) is 12.1 Å². The van der Waals surface area contributed by atoms with Crippen LogP contribution in [0.2, 0.25) is 0 Å². The number of hydrogen-bond acceptors (Lipinski definition) is 2. The molecule has 2 rings (SSSR count). The Kier molecular flexibility index (Phi) is 3.13. The van der Waals surface area contributed by atoms with Crippen LogP contribution in [-0.4, -0.2) is 11.6 Å². The predicted octanol–water partition coefficient (Wildman–Crippen LogP) is 1.91. The van der Waals surface area contributed by atoms with E-state index >= 15 is 0 Å². The number of benzene rings is 1. The molecule has 0 aliphatic heterocycles. The molecule has 0 saturated heterocycles. The zero-order valence-corrected chi connectivity index (χ0v) is 9.86. The molecular formula is C14H17FN2. The molecule has 0 aromatic heterocycles. The highest BCUT2D eigenvalue weighted by atomic mass is 19.1. The van der Waals surface area contributed by atoms with E-state index in [9.17, 15) is 4.39 Å². The first-order valence-corrected chi connectivity index (χ1v) is 5.66. The molecule has 0 saturated carbocycles. The zero-order valence-electron chi connectivity index (χ0n) is 9.86. The van der Waals surface area contributed by atoms with Crippen molar-refractivity contribution in [1.29, 1.82) is 0 Å². The van der Waals surface area contributed by atoms with Gasteiger partial charge in [-0.25, -0.2) is 4.39 Å². The normalized spacial score (nSPS) is 28.0. The summed E-state index contributed by atoms with van der Waals surface area (Å²) in [6, 6.07) is 6.17. The summed E-state index contributed by atoms with van der Waals surface area (Å²) < 4.78 is 12.8. The van der Waals surface area contributed by atoms with Crippen LogP contribution in [0, 0.1) is 5.82 Å². The van der Waals surface area contributed by atoms with E-state index in [0.717, 1.165) is 11.1 Å². The first-order chi connectivity index (χ1) is 7.99. The van der Waals surface area contributed by atoms with Crippen molar-refractivity contribution in [1.82, 2.24) is 0 Å². The Morgan fingerprint density at radius 2 is 1.94 bits per heavy atom. The molecule has 0 heterocycles. The molecule has 90 valence electrons. The van der Waals surface area contributed by atoms with E-state index in [0.29, 0.717) is 6.42 Å². The first kappa shape index (κ1) is 12.0. The molecule has 0 spiro atoms. The second-order valence-electron chi connectivity index (χ2n) is 4.69. The molecule has 4 N–H and O–H groups in total. The summed E-state index contributed by atoms with van der Waals surface area (Å²) in [4.78, 5) is 0. The maximum Gasteiger partial charge on any atom is 0.123 e. The lowest BCUT2D eigenvalue weighted by Gasteiger charge is -2.33. The molecule has 3 heteroatoms. The summed E-state index contributed by atoms with van der Waals surface area (Å²) in [5.41, 5.74) is 13.9. The van der Waals surface area contributed by atoms with Crippen molar-refractivity contribution < 1.29 is 4.39 Å². The van der Waals surface area contributed by atoms with E-state index in [1.807, 2.05) is 25.2 Å². The summed E-state index contributed by atoms with van der Waals surface area (Å²) in [6.07, 6.45) is 6.49. The van der Waals surface area contributed by atoms with Crippen LogP contribution in [0.4, 0.5) is 4.39 Å². The monoisotopic (exact) mass is 232 g/mol. The molecule has 0 radical (unpaired) electrons. The minimum Gasteiger partial charge on any atom is -0.323 e. The van der Waals surface area contributed by atoms with Crippen LogP contribution in [0.1, 0.15) is 12.5 Å². The van der Waals surface area contributed by atoms with Crippen LogP contribution in [0.3, 0.4) is 0 Å². The molecular weight excluding hydrogens is 215 g/mol. The lowest BCUT2D eigenvalue weighted by atomic mass is 9.81. The summed E-state index contributed by atoms with van der Waals surface area (Å²) in [7, 11) is 0. The Hall–Kier alpha value is -1.45. The van der Waals surface area contributed by atoms with E-state index in [1.54, 1.807) is 12.1 Å². The third-order valence-electron chi connectivity index (χ3n) is 3.14. The smallest absolute Gasteiger partial charge is 0.123 e. The van der Waals surface area contributed by atoms with Gasteiger partial charge in [0.15, 0.2) is 0 Å². The van der Waals surface area contributed by atoms with Gasteiger partial charge in [0, 0.05) is 6.04 Å². The molecule has 1 aromatic rings. The third-order valence-corrected chi connectivity index (χ3v) is 3.14. The molecule has 0 amide bonds. The Labute approximate surface area is 101 Å². The predicted molar refractivity (Wildman–Crippen MR) is 67.9 cm³/mol. The lowest BCUT2D eigenvalue weighted by molar-refractivity contribution is 0.464. The highest BCUT2D eigenvalue weighted by molar-refractivity contribution is 5.35. The molecule has 17 heavy (non-hydrogen) atoms. The fourth-order valence-electron chi connectivity index (χ4n) is 2.02. The van der Waals surface area contributed by atoms with Gasteiger partial charge in [0.1, 0.15) is 5.82 Å². The quantitative estimate of drug-likeness (QED) is 0.818. The van der Waals surface area contributed by atoms with E-state index < -0.39 is 5.54 Å². The number of halogens is 1. The number of nitrogens with two attached hydrogens (primary N) is 2. The van der Waals surface area contributed by atoms with Crippen LogP contribution in [0.5, 0.6) is 0 Å². The summed E-state index contributed by atoms with van der Waals surface area (Å²) in [6.45, 7) is 1.99. The van der Waals surface area contributed by atoms with E-state index in [2.05, 4.69) is 0 Å². The minimum atomic E-state index is -0.586. The summed E-state index contributed by atoms with van der Waals surface area (Å²) in [5.74, 6) is -0.237. The average Bonchev–Trinajstić information content (AvgIpc) is 2.28. The van der Waals surface area contributed by atoms with Crippen LogP contribution in [-0.2, 0) is 6.42 Å².